The molecule has 6 heteroatoms. The van der Waals surface area contributed by atoms with Crippen LogP contribution in [-0.2, 0) is 20.9 Å². The van der Waals surface area contributed by atoms with Crippen LogP contribution in [0.5, 0.6) is 5.75 Å². The maximum Gasteiger partial charge on any atom is 0.331 e. The number of methoxy groups -OCH3 is 2. The van der Waals surface area contributed by atoms with Crippen molar-refractivity contribution < 1.29 is 19.1 Å². The molecule has 1 aliphatic carbocycles. The number of nitrogens with one attached hydrogen (secondary N) is 1. The van der Waals surface area contributed by atoms with Crippen LogP contribution in [0.15, 0.2) is 24.3 Å². The van der Waals surface area contributed by atoms with Crippen LogP contribution in [0.4, 0.5) is 0 Å². The molecule has 3 rings (SSSR count). The predicted octanol–water partition coefficient (Wildman–Crippen LogP) is 1.58. The molecule has 1 aliphatic heterocycles. The number of fused-ring (bicyclic) bond motifs is 2. The topological polar surface area (TPSA) is 67.9 Å². The summed E-state index contributed by atoms with van der Waals surface area (Å²) in [5, 5.41) is 2.92. The highest BCUT2D eigenvalue weighted by atomic mass is 16.5. The van der Waals surface area contributed by atoms with Gasteiger partial charge >= 0.3 is 5.97 Å². The van der Waals surface area contributed by atoms with E-state index in [-0.39, 0.29) is 17.8 Å². The highest BCUT2D eigenvalue weighted by Gasteiger charge is 2.56. The fraction of sp³-hybridized carbons (Fsp3) is 0.579. The molecule has 2 aliphatic rings. The SMILES string of the molecule is COC(=O)[C@]1(NC(C)=O)C[C@H]2C[C@@H]1CN(Cc1ccc(OC)cc1)C2. The Morgan fingerprint density at radius 3 is 2.56 bits per heavy atom. The van der Waals surface area contributed by atoms with E-state index in [4.69, 9.17) is 9.47 Å². The van der Waals surface area contributed by atoms with Crippen LogP contribution in [0.3, 0.4) is 0 Å². The van der Waals surface area contributed by atoms with Gasteiger partial charge < -0.3 is 14.8 Å². The minimum Gasteiger partial charge on any atom is -0.497 e. The molecular formula is C19H26N2O4. The van der Waals surface area contributed by atoms with Crippen molar-refractivity contribution in [2.45, 2.75) is 31.8 Å². The quantitative estimate of drug-likeness (QED) is 0.820. The first kappa shape index (κ1) is 17.7. The van der Waals surface area contributed by atoms with Gasteiger partial charge in [-0.2, -0.15) is 0 Å². The first-order valence-electron chi connectivity index (χ1n) is 8.69. The molecule has 1 N–H and O–H groups in total. The smallest absolute Gasteiger partial charge is 0.331 e. The molecule has 0 spiro atoms. The number of hydrogen-bond acceptors (Lipinski definition) is 5. The summed E-state index contributed by atoms with van der Waals surface area (Å²) in [6, 6.07) is 8.06. The molecule has 1 heterocycles. The zero-order chi connectivity index (χ0) is 18.0. The number of benzene rings is 1. The van der Waals surface area contributed by atoms with Crippen LogP contribution in [0.1, 0.15) is 25.3 Å². The van der Waals surface area contributed by atoms with Crippen molar-refractivity contribution >= 4 is 11.9 Å². The van der Waals surface area contributed by atoms with E-state index >= 15 is 0 Å². The Labute approximate surface area is 148 Å². The van der Waals surface area contributed by atoms with Crippen molar-refractivity contribution in [3.63, 3.8) is 0 Å². The second-order valence-corrected chi connectivity index (χ2v) is 7.19. The van der Waals surface area contributed by atoms with E-state index < -0.39 is 5.54 Å². The molecule has 2 bridgehead atoms. The number of piperidine rings is 1. The molecule has 0 unspecified atom stereocenters. The van der Waals surface area contributed by atoms with E-state index in [0.29, 0.717) is 12.3 Å². The molecule has 1 saturated heterocycles. The Bertz CT molecular complexity index is 645. The Morgan fingerprint density at radius 1 is 1.24 bits per heavy atom. The molecular weight excluding hydrogens is 320 g/mol. The van der Waals surface area contributed by atoms with Crippen LogP contribution in [0, 0.1) is 11.8 Å². The Balaban J connectivity index is 1.74. The number of carbonyl (C=O) groups is 2. The minimum atomic E-state index is -0.875. The Hall–Kier alpha value is -2.08. The van der Waals surface area contributed by atoms with E-state index in [1.807, 2.05) is 12.1 Å². The van der Waals surface area contributed by atoms with E-state index in [0.717, 1.165) is 31.8 Å². The van der Waals surface area contributed by atoms with Gasteiger partial charge in [-0.15, -0.1) is 0 Å². The first-order valence-corrected chi connectivity index (χ1v) is 8.69. The lowest BCUT2D eigenvalue weighted by Crippen LogP contribution is -2.58. The second kappa shape index (κ2) is 7.04. The van der Waals surface area contributed by atoms with Crippen LogP contribution < -0.4 is 10.1 Å². The largest absolute Gasteiger partial charge is 0.497 e. The summed E-state index contributed by atoms with van der Waals surface area (Å²) in [7, 11) is 3.05. The van der Waals surface area contributed by atoms with Crippen molar-refractivity contribution in [3.8, 4) is 5.75 Å². The maximum atomic E-state index is 12.5. The molecule has 1 saturated carbocycles. The van der Waals surface area contributed by atoms with E-state index in [1.54, 1.807) is 7.11 Å². The zero-order valence-corrected chi connectivity index (χ0v) is 15.1. The monoisotopic (exact) mass is 346 g/mol. The molecule has 0 aromatic heterocycles. The third-order valence-corrected chi connectivity index (χ3v) is 5.43. The van der Waals surface area contributed by atoms with Crippen LogP contribution >= 0.6 is 0 Å². The number of ether oxygens (including phenoxy) is 2. The lowest BCUT2D eigenvalue weighted by molar-refractivity contribution is -0.152. The van der Waals surface area contributed by atoms with Gasteiger partial charge in [0, 0.05) is 32.5 Å². The van der Waals surface area contributed by atoms with E-state index in [1.165, 1.54) is 19.6 Å². The van der Waals surface area contributed by atoms with Gasteiger partial charge in [0.25, 0.3) is 0 Å². The molecule has 6 nitrogen and oxygen atoms in total. The fourth-order valence-electron chi connectivity index (χ4n) is 4.50. The number of nitrogens with zero attached hydrogens (tertiary/aromatic N) is 1. The summed E-state index contributed by atoms with van der Waals surface area (Å²) < 4.78 is 10.2. The number of hydrogen-bond donors (Lipinski definition) is 1. The van der Waals surface area contributed by atoms with Gasteiger partial charge in [-0.1, -0.05) is 12.1 Å². The summed E-state index contributed by atoms with van der Waals surface area (Å²) in [4.78, 5) is 26.6. The molecule has 2 fully saturated rings. The lowest BCUT2D eigenvalue weighted by Gasteiger charge is -2.36. The van der Waals surface area contributed by atoms with Gasteiger partial charge in [0.1, 0.15) is 11.3 Å². The van der Waals surface area contributed by atoms with Crippen molar-refractivity contribution in [3.05, 3.63) is 29.8 Å². The normalized spacial score (nSPS) is 28.4. The number of esters is 1. The average molecular weight is 346 g/mol. The molecule has 136 valence electrons. The van der Waals surface area contributed by atoms with Crippen molar-refractivity contribution in [1.82, 2.24) is 10.2 Å². The number of likely N-dealkylation sites (tertiary alicyclic amines) is 1. The zero-order valence-electron chi connectivity index (χ0n) is 15.1. The van der Waals surface area contributed by atoms with Gasteiger partial charge in [0.2, 0.25) is 5.91 Å². The molecule has 0 radical (unpaired) electrons. The van der Waals surface area contributed by atoms with Gasteiger partial charge in [0.15, 0.2) is 0 Å². The summed E-state index contributed by atoms with van der Waals surface area (Å²) in [5.74, 6) is 0.822. The second-order valence-electron chi connectivity index (χ2n) is 7.19. The third-order valence-electron chi connectivity index (χ3n) is 5.43. The molecule has 1 amide bonds. The summed E-state index contributed by atoms with van der Waals surface area (Å²) in [6.07, 6.45) is 1.61. The van der Waals surface area contributed by atoms with Gasteiger partial charge in [0.05, 0.1) is 14.2 Å². The number of amides is 1. The van der Waals surface area contributed by atoms with E-state index in [2.05, 4.69) is 22.3 Å². The standard InChI is InChI=1S/C19H26N2O4/c1-13(22)20-19(18(23)25-3)9-15-8-16(19)12-21(11-15)10-14-4-6-17(24-2)7-5-14/h4-7,15-16H,8-12H2,1-3H3,(H,20,22)/t15-,16-,19+/m1/s1. The van der Waals surface area contributed by atoms with E-state index in [9.17, 15) is 9.59 Å². The number of rotatable bonds is 5. The van der Waals surface area contributed by atoms with Crippen molar-refractivity contribution in [2.24, 2.45) is 11.8 Å². The summed E-state index contributed by atoms with van der Waals surface area (Å²) in [6.45, 7) is 4.00. The lowest BCUT2D eigenvalue weighted by atomic mass is 9.86. The van der Waals surface area contributed by atoms with Crippen LogP contribution in [0.2, 0.25) is 0 Å². The summed E-state index contributed by atoms with van der Waals surface area (Å²) in [5.41, 5.74) is 0.338. The van der Waals surface area contributed by atoms with Gasteiger partial charge in [-0.05, 0) is 36.5 Å². The molecule has 1 aromatic rings. The van der Waals surface area contributed by atoms with Crippen molar-refractivity contribution in [2.75, 3.05) is 27.3 Å². The first-order chi connectivity index (χ1) is 12.0. The van der Waals surface area contributed by atoms with Crippen LogP contribution in [0.25, 0.3) is 0 Å². The third kappa shape index (κ3) is 3.49. The maximum absolute atomic E-state index is 12.5. The van der Waals surface area contributed by atoms with Gasteiger partial charge in [-0.25, -0.2) is 4.79 Å². The van der Waals surface area contributed by atoms with Crippen molar-refractivity contribution in [1.29, 1.82) is 0 Å². The van der Waals surface area contributed by atoms with Gasteiger partial charge in [-0.3, -0.25) is 9.69 Å². The molecule has 3 atom stereocenters. The molecule has 1 aromatic carbocycles. The average Bonchev–Trinajstić information content (AvgIpc) is 2.85. The highest BCUT2D eigenvalue weighted by Crippen LogP contribution is 2.45. The molecule has 25 heavy (non-hydrogen) atoms. The number of carbonyl (C=O) groups excluding carboxylic acids is 2. The Kier molecular flexibility index (Phi) is 4.99. The fourth-order valence-corrected chi connectivity index (χ4v) is 4.50. The minimum absolute atomic E-state index is 0.0841. The van der Waals surface area contributed by atoms with Crippen LogP contribution in [-0.4, -0.2) is 49.6 Å². The highest BCUT2D eigenvalue weighted by molar-refractivity contribution is 5.88. The summed E-state index contributed by atoms with van der Waals surface area (Å²) >= 11 is 0. The Morgan fingerprint density at radius 2 is 1.96 bits per heavy atom. The predicted molar refractivity (Wildman–Crippen MR) is 93.0 cm³/mol.